The van der Waals surface area contributed by atoms with Gasteiger partial charge in [-0.05, 0) is 57.5 Å². The van der Waals surface area contributed by atoms with E-state index in [1.54, 1.807) is 0 Å². The Hall–Kier alpha value is -1.00. The number of likely N-dealkylation sites (tertiary alicyclic amines) is 1. The Morgan fingerprint density at radius 2 is 1.95 bits per heavy atom. The molecule has 1 heterocycles. The third-order valence-electron chi connectivity index (χ3n) is 3.88. The van der Waals surface area contributed by atoms with Gasteiger partial charge in [-0.2, -0.15) is 0 Å². The molecule has 0 aliphatic carbocycles. The first kappa shape index (κ1) is 15.4. The van der Waals surface area contributed by atoms with Crippen LogP contribution in [0.2, 0.25) is 0 Å². The van der Waals surface area contributed by atoms with Crippen LogP contribution in [-0.2, 0) is 6.42 Å². The number of rotatable bonds is 6. The lowest BCUT2D eigenvalue weighted by atomic mass is 10.1. The summed E-state index contributed by atoms with van der Waals surface area (Å²) in [5, 5.41) is 3.42. The van der Waals surface area contributed by atoms with Crippen LogP contribution in [0, 0.1) is 11.6 Å². The fraction of sp³-hybridized carbons (Fsp3) is 0.625. The van der Waals surface area contributed by atoms with E-state index in [1.165, 1.54) is 44.5 Å². The molecular formula is C16H24F2N2. The van der Waals surface area contributed by atoms with Crippen molar-refractivity contribution in [2.24, 2.45) is 0 Å². The smallest absolute Gasteiger partial charge is 0.129 e. The fourth-order valence-electron chi connectivity index (χ4n) is 2.77. The molecule has 20 heavy (non-hydrogen) atoms. The van der Waals surface area contributed by atoms with Gasteiger partial charge in [0.2, 0.25) is 0 Å². The monoisotopic (exact) mass is 282 g/mol. The molecule has 0 radical (unpaired) electrons. The number of nitrogens with zero attached hydrogens (tertiary/aromatic N) is 1. The molecule has 0 bridgehead atoms. The summed E-state index contributed by atoms with van der Waals surface area (Å²) in [6.07, 6.45) is 4.54. The molecule has 1 N–H and O–H groups in total. The van der Waals surface area contributed by atoms with Gasteiger partial charge >= 0.3 is 0 Å². The summed E-state index contributed by atoms with van der Waals surface area (Å²) in [6, 6.07) is 4.19. The average Bonchev–Trinajstić information content (AvgIpc) is 2.42. The molecule has 1 unspecified atom stereocenters. The molecule has 2 rings (SSSR count). The van der Waals surface area contributed by atoms with Crippen molar-refractivity contribution in [3.05, 3.63) is 35.4 Å². The highest BCUT2D eigenvalue weighted by atomic mass is 19.1. The topological polar surface area (TPSA) is 15.3 Å². The summed E-state index contributed by atoms with van der Waals surface area (Å²) in [5.74, 6) is -0.965. The lowest BCUT2D eigenvalue weighted by Crippen LogP contribution is -2.42. The molecule has 1 aliphatic heterocycles. The standard InChI is InChI=1S/C16H24F2N2/c1-13(12-20-9-3-2-4-10-20)19-8-7-14-5-6-15(17)11-16(14)18/h5-6,11,13,19H,2-4,7-10,12H2,1H3. The molecule has 1 atom stereocenters. The second-order valence-corrected chi connectivity index (χ2v) is 5.70. The molecule has 0 aromatic heterocycles. The van der Waals surface area contributed by atoms with Crippen molar-refractivity contribution < 1.29 is 8.78 Å². The van der Waals surface area contributed by atoms with Crippen LogP contribution in [0.15, 0.2) is 18.2 Å². The van der Waals surface area contributed by atoms with Gasteiger partial charge in [0, 0.05) is 18.7 Å². The van der Waals surface area contributed by atoms with Crippen LogP contribution in [-0.4, -0.2) is 37.1 Å². The molecule has 0 spiro atoms. The van der Waals surface area contributed by atoms with Crippen LogP contribution in [0.3, 0.4) is 0 Å². The first-order valence-electron chi connectivity index (χ1n) is 7.55. The highest BCUT2D eigenvalue weighted by Gasteiger charge is 2.13. The Morgan fingerprint density at radius 1 is 1.20 bits per heavy atom. The van der Waals surface area contributed by atoms with Gasteiger partial charge in [0.25, 0.3) is 0 Å². The minimum Gasteiger partial charge on any atom is -0.313 e. The zero-order chi connectivity index (χ0) is 14.4. The predicted molar refractivity (Wildman–Crippen MR) is 77.8 cm³/mol. The van der Waals surface area contributed by atoms with Crippen molar-refractivity contribution in [1.29, 1.82) is 0 Å². The Balaban J connectivity index is 1.69. The van der Waals surface area contributed by atoms with E-state index in [1.807, 2.05) is 0 Å². The number of halogens is 2. The van der Waals surface area contributed by atoms with Crippen LogP contribution in [0.5, 0.6) is 0 Å². The van der Waals surface area contributed by atoms with E-state index in [-0.39, 0.29) is 0 Å². The van der Waals surface area contributed by atoms with Gasteiger partial charge in [-0.25, -0.2) is 8.78 Å². The molecule has 1 aromatic rings. The van der Waals surface area contributed by atoms with Gasteiger partial charge in [0.15, 0.2) is 0 Å². The van der Waals surface area contributed by atoms with E-state index in [2.05, 4.69) is 17.1 Å². The number of nitrogens with one attached hydrogen (secondary N) is 1. The van der Waals surface area contributed by atoms with E-state index in [4.69, 9.17) is 0 Å². The van der Waals surface area contributed by atoms with Crippen molar-refractivity contribution in [2.45, 2.75) is 38.6 Å². The second kappa shape index (κ2) is 7.70. The SMILES string of the molecule is CC(CN1CCCCC1)NCCc1ccc(F)cc1F. The Morgan fingerprint density at radius 3 is 2.65 bits per heavy atom. The zero-order valence-corrected chi connectivity index (χ0v) is 12.2. The maximum atomic E-state index is 13.5. The van der Waals surface area contributed by atoms with Gasteiger partial charge in [-0.1, -0.05) is 12.5 Å². The summed E-state index contributed by atoms with van der Waals surface area (Å²) < 4.78 is 26.3. The lowest BCUT2D eigenvalue weighted by Gasteiger charge is -2.29. The van der Waals surface area contributed by atoms with E-state index >= 15 is 0 Å². The van der Waals surface area contributed by atoms with E-state index in [9.17, 15) is 8.78 Å². The van der Waals surface area contributed by atoms with Crippen LogP contribution in [0.4, 0.5) is 8.78 Å². The van der Waals surface area contributed by atoms with Crippen LogP contribution >= 0.6 is 0 Å². The van der Waals surface area contributed by atoms with Crippen molar-refractivity contribution in [3.8, 4) is 0 Å². The molecule has 112 valence electrons. The van der Waals surface area contributed by atoms with E-state index in [0.29, 0.717) is 18.0 Å². The molecule has 0 saturated carbocycles. The minimum absolute atomic E-state index is 0.400. The molecule has 1 fully saturated rings. The zero-order valence-electron chi connectivity index (χ0n) is 12.2. The molecular weight excluding hydrogens is 258 g/mol. The maximum Gasteiger partial charge on any atom is 0.129 e. The lowest BCUT2D eigenvalue weighted by molar-refractivity contribution is 0.209. The fourth-order valence-corrected chi connectivity index (χ4v) is 2.77. The van der Waals surface area contributed by atoms with E-state index in [0.717, 1.165) is 19.2 Å². The first-order chi connectivity index (χ1) is 9.65. The van der Waals surface area contributed by atoms with Crippen LogP contribution in [0.1, 0.15) is 31.7 Å². The van der Waals surface area contributed by atoms with Gasteiger partial charge in [-0.15, -0.1) is 0 Å². The Kier molecular flexibility index (Phi) is 5.92. The largest absolute Gasteiger partial charge is 0.313 e. The number of benzene rings is 1. The summed E-state index contributed by atoms with van der Waals surface area (Å²) in [6.45, 7) is 6.32. The third-order valence-corrected chi connectivity index (χ3v) is 3.88. The predicted octanol–water partition coefficient (Wildman–Crippen LogP) is 2.97. The Bertz CT molecular complexity index is 417. The summed E-state index contributed by atoms with van der Waals surface area (Å²) in [4.78, 5) is 2.49. The van der Waals surface area contributed by atoms with E-state index < -0.39 is 11.6 Å². The van der Waals surface area contributed by atoms with Crippen molar-refractivity contribution >= 4 is 0 Å². The molecule has 4 heteroatoms. The van der Waals surface area contributed by atoms with Gasteiger partial charge < -0.3 is 10.2 Å². The summed E-state index contributed by atoms with van der Waals surface area (Å²) >= 11 is 0. The highest BCUT2D eigenvalue weighted by molar-refractivity contribution is 5.18. The summed E-state index contributed by atoms with van der Waals surface area (Å²) in [7, 11) is 0. The van der Waals surface area contributed by atoms with Crippen molar-refractivity contribution in [1.82, 2.24) is 10.2 Å². The third kappa shape index (κ3) is 4.84. The van der Waals surface area contributed by atoms with Crippen LogP contribution < -0.4 is 5.32 Å². The maximum absolute atomic E-state index is 13.5. The number of hydrogen-bond donors (Lipinski definition) is 1. The molecule has 1 saturated heterocycles. The highest BCUT2D eigenvalue weighted by Crippen LogP contribution is 2.10. The number of piperidine rings is 1. The first-order valence-corrected chi connectivity index (χ1v) is 7.55. The van der Waals surface area contributed by atoms with Gasteiger partial charge in [-0.3, -0.25) is 0 Å². The van der Waals surface area contributed by atoms with Crippen molar-refractivity contribution in [3.63, 3.8) is 0 Å². The molecule has 2 nitrogen and oxygen atoms in total. The number of hydrogen-bond acceptors (Lipinski definition) is 2. The quantitative estimate of drug-likeness (QED) is 0.863. The summed E-state index contributed by atoms with van der Waals surface area (Å²) in [5.41, 5.74) is 0.573. The van der Waals surface area contributed by atoms with Crippen LogP contribution in [0.25, 0.3) is 0 Å². The molecule has 0 amide bonds. The molecule has 1 aromatic carbocycles. The van der Waals surface area contributed by atoms with Crippen molar-refractivity contribution in [2.75, 3.05) is 26.2 Å². The second-order valence-electron chi connectivity index (χ2n) is 5.70. The normalized spacial score (nSPS) is 18.1. The Labute approximate surface area is 120 Å². The van der Waals surface area contributed by atoms with Gasteiger partial charge in [0.05, 0.1) is 0 Å². The average molecular weight is 282 g/mol. The molecule has 1 aliphatic rings. The minimum atomic E-state index is -0.516. The van der Waals surface area contributed by atoms with Gasteiger partial charge in [0.1, 0.15) is 11.6 Å².